The number of aromatic nitrogens is 3. The molecule has 0 saturated carbocycles. The van der Waals surface area contributed by atoms with Crippen LogP contribution < -0.4 is 10.4 Å². The molecule has 136 valence electrons. The van der Waals surface area contributed by atoms with E-state index in [2.05, 4.69) is 15.2 Å². The molecule has 0 saturated heterocycles. The lowest BCUT2D eigenvalue weighted by Crippen LogP contribution is -2.00. The monoisotopic (exact) mass is 399 g/mol. The van der Waals surface area contributed by atoms with Gasteiger partial charge in [-0.05, 0) is 42.0 Å². The summed E-state index contributed by atoms with van der Waals surface area (Å²) in [6.45, 7) is 0. The Kier molecular flexibility index (Phi) is 4.87. The second-order valence-electron chi connectivity index (χ2n) is 5.71. The minimum atomic E-state index is -0.400. The van der Waals surface area contributed by atoms with Gasteiger partial charge >= 0.3 is 5.63 Å². The smallest absolute Gasteiger partial charge is 0.336 e. The van der Waals surface area contributed by atoms with Crippen molar-refractivity contribution in [3.8, 4) is 17.1 Å². The van der Waals surface area contributed by atoms with Crippen LogP contribution in [0, 0.1) is 0 Å². The van der Waals surface area contributed by atoms with Gasteiger partial charge in [0.15, 0.2) is 5.82 Å². The molecule has 0 spiro atoms. The van der Waals surface area contributed by atoms with Crippen molar-refractivity contribution in [2.45, 2.75) is 10.9 Å². The van der Waals surface area contributed by atoms with Crippen LogP contribution in [0.1, 0.15) is 5.56 Å². The Balaban J connectivity index is 1.57. The van der Waals surface area contributed by atoms with Crippen LogP contribution in [-0.4, -0.2) is 22.3 Å². The van der Waals surface area contributed by atoms with Crippen LogP contribution in [0.2, 0.25) is 5.02 Å². The number of rotatable bonds is 5. The summed E-state index contributed by atoms with van der Waals surface area (Å²) in [6.07, 6.45) is 0. The van der Waals surface area contributed by atoms with Gasteiger partial charge in [0.05, 0.1) is 7.11 Å². The maximum absolute atomic E-state index is 11.9. The molecule has 0 fully saturated rings. The quantitative estimate of drug-likeness (QED) is 0.392. The van der Waals surface area contributed by atoms with E-state index in [0.717, 1.165) is 16.5 Å². The van der Waals surface area contributed by atoms with Gasteiger partial charge in [-0.3, -0.25) is 5.10 Å². The average molecular weight is 400 g/mol. The van der Waals surface area contributed by atoms with Gasteiger partial charge in [-0.15, -0.1) is 5.10 Å². The van der Waals surface area contributed by atoms with Gasteiger partial charge in [0.1, 0.15) is 11.3 Å². The van der Waals surface area contributed by atoms with Gasteiger partial charge in [-0.25, -0.2) is 9.78 Å². The Hall–Kier alpha value is -2.77. The van der Waals surface area contributed by atoms with E-state index in [1.165, 1.54) is 17.8 Å². The van der Waals surface area contributed by atoms with E-state index in [0.29, 0.717) is 33.1 Å². The number of ether oxygens (including phenoxy) is 1. The molecular weight excluding hydrogens is 386 g/mol. The van der Waals surface area contributed by atoms with E-state index in [1.807, 2.05) is 24.3 Å². The van der Waals surface area contributed by atoms with Crippen LogP contribution in [0.15, 0.2) is 62.9 Å². The highest BCUT2D eigenvalue weighted by Gasteiger charge is 2.10. The second-order valence-corrected chi connectivity index (χ2v) is 7.09. The average Bonchev–Trinajstić information content (AvgIpc) is 3.15. The van der Waals surface area contributed by atoms with Crippen molar-refractivity contribution in [3.05, 3.63) is 69.5 Å². The van der Waals surface area contributed by atoms with E-state index < -0.39 is 5.63 Å². The highest BCUT2D eigenvalue weighted by molar-refractivity contribution is 7.98. The number of H-pyrrole nitrogens is 1. The molecular formula is C19H14ClN3O3S. The summed E-state index contributed by atoms with van der Waals surface area (Å²) in [5, 5.41) is 9.27. The highest BCUT2D eigenvalue weighted by Crippen LogP contribution is 2.28. The molecule has 4 aromatic rings. The van der Waals surface area contributed by atoms with Crippen molar-refractivity contribution in [1.29, 1.82) is 0 Å². The summed E-state index contributed by atoms with van der Waals surface area (Å²) in [5.41, 5.74) is 1.85. The summed E-state index contributed by atoms with van der Waals surface area (Å²) in [4.78, 5) is 16.4. The predicted octanol–water partition coefficient (Wildman–Crippen LogP) is 4.53. The molecule has 0 radical (unpaired) electrons. The lowest BCUT2D eigenvalue weighted by atomic mass is 10.1. The van der Waals surface area contributed by atoms with Crippen LogP contribution in [0.4, 0.5) is 0 Å². The van der Waals surface area contributed by atoms with Crippen molar-refractivity contribution in [2.24, 2.45) is 0 Å². The summed E-state index contributed by atoms with van der Waals surface area (Å²) in [6, 6.07) is 14.3. The maximum Gasteiger partial charge on any atom is 0.336 e. The molecule has 8 heteroatoms. The van der Waals surface area contributed by atoms with Crippen molar-refractivity contribution >= 4 is 34.3 Å². The molecule has 0 aliphatic rings. The van der Waals surface area contributed by atoms with Gasteiger partial charge in [-0.2, -0.15) is 0 Å². The highest BCUT2D eigenvalue weighted by atomic mass is 35.5. The molecule has 0 unspecified atom stereocenters. The fourth-order valence-corrected chi connectivity index (χ4v) is 3.56. The van der Waals surface area contributed by atoms with E-state index >= 15 is 0 Å². The zero-order valence-electron chi connectivity index (χ0n) is 14.2. The van der Waals surface area contributed by atoms with Gasteiger partial charge < -0.3 is 9.15 Å². The Bertz CT molecular complexity index is 1160. The summed E-state index contributed by atoms with van der Waals surface area (Å²) in [7, 11) is 1.57. The van der Waals surface area contributed by atoms with Gasteiger partial charge in [0, 0.05) is 33.9 Å². The third-order valence-electron chi connectivity index (χ3n) is 3.98. The Labute approximate surface area is 163 Å². The molecule has 0 atom stereocenters. The largest absolute Gasteiger partial charge is 0.497 e. The Morgan fingerprint density at radius 3 is 2.78 bits per heavy atom. The fourth-order valence-electron chi connectivity index (χ4n) is 2.65. The van der Waals surface area contributed by atoms with Gasteiger partial charge in [0.25, 0.3) is 0 Å². The Morgan fingerprint density at radius 1 is 1.19 bits per heavy atom. The Morgan fingerprint density at radius 2 is 2.00 bits per heavy atom. The summed E-state index contributed by atoms with van der Waals surface area (Å²) < 4.78 is 10.5. The fraction of sp³-hybridized carbons (Fsp3) is 0.105. The number of fused-ring (bicyclic) bond motifs is 1. The zero-order valence-corrected chi connectivity index (χ0v) is 15.8. The number of nitrogens with zero attached hydrogens (tertiary/aromatic N) is 2. The standard InChI is InChI=1S/C19H14ClN3O3S/c1-25-14-6-7-15-12(8-17(24)26-16(15)9-14)10-27-19-21-18(22-23-19)11-2-4-13(20)5-3-11/h2-9H,10H2,1H3,(H,21,22,23). The predicted molar refractivity (Wildman–Crippen MR) is 105 cm³/mol. The molecule has 2 aromatic carbocycles. The van der Waals surface area contributed by atoms with E-state index in [9.17, 15) is 4.79 Å². The van der Waals surface area contributed by atoms with Crippen LogP contribution in [0.25, 0.3) is 22.4 Å². The van der Waals surface area contributed by atoms with Gasteiger partial charge in [0.2, 0.25) is 5.16 Å². The first kappa shape index (κ1) is 17.6. The molecule has 0 amide bonds. The van der Waals surface area contributed by atoms with Crippen LogP contribution in [0.5, 0.6) is 5.75 Å². The lowest BCUT2D eigenvalue weighted by Gasteiger charge is -2.05. The number of hydrogen-bond donors (Lipinski definition) is 1. The lowest BCUT2D eigenvalue weighted by molar-refractivity contribution is 0.414. The summed E-state index contributed by atoms with van der Waals surface area (Å²) in [5.74, 6) is 1.83. The van der Waals surface area contributed by atoms with Gasteiger partial charge in [-0.1, -0.05) is 23.4 Å². The number of aromatic amines is 1. The number of thioether (sulfide) groups is 1. The number of halogens is 1. The first-order chi connectivity index (χ1) is 13.1. The minimum Gasteiger partial charge on any atom is -0.497 e. The molecule has 2 heterocycles. The molecule has 0 aliphatic carbocycles. The molecule has 1 N–H and O–H groups in total. The molecule has 2 aromatic heterocycles. The number of benzene rings is 2. The third kappa shape index (κ3) is 3.84. The molecule has 6 nitrogen and oxygen atoms in total. The zero-order chi connectivity index (χ0) is 18.8. The van der Waals surface area contributed by atoms with E-state index in [4.69, 9.17) is 20.8 Å². The third-order valence-corrected chi connectivity index (χ3v) is 5.12. The first-order valence-corrected chi connectivity index (χ1v) is 9.40. The maximum atomic E-state index is 11.9. The van der Waals surface area contributed by atoms with Crippen LogP contribution >= 0.6 is 23.4 Å². The first-order valence-electron chi connectivity index (χ1n) is 8.04. The molecule has 27 heavy (non-hydrogen) atoms. The molecule has 0 bridgehead atoms. The molecule has 0 aliphatic heterocycles. The van der Waals surface area contributed by atoms with Crippen molar-refractivity contribution in [1.82, 2.24) is 15.2 Å². The minimum absolute atomic E-state index is 0.400. The van der Waals surface area contributed by atoms with E-state index in [1.54, 1.807) is 25.3 Å². The normalized spacial score (nSPS) is 11.0. The van der Waals surface area contributed by atoms with E-state index in [-0.39, 0.29) is 0 Å². The number of methoxy groups -OCH3 is 1. The van der Waals surface area contributed by atoms with Crippen LogP contribution in [0.3, 0.4) is 0 Å². The molecule has 4 rings (SSSR count). The SMILES string of the molecule is COc1ccc2c(CSc3n[nH]c(-c4ccc(Cl)cc4)n3)cc(=O)oc2c1. The number of nitrogens with one attached hydrogen (secondary N) is 1. The van der Waals surface area contributed by atoms with Crippen molar-refractivity contribution in [3.63, 3.8) is 0 Å². The number of hydrogen-bond acceptors (Lipinski definition) is 6. The van der Waals surface area contributed by atoms with Crippen molar-refractivity contribution < 1.29 is 9.15 Å². The summed E-state index contributed by atoms with van der Waals surface area (Å²) >= 11 is 7.34. The van der Waals surface area contributed by atoms with Crippen molar-refractivity contribution in [2.75, 3.05) is 7.11 Å². The second kappa shape index (κ2) is 7.46. The van der Waals surface area contributed by atoms with Crippen LogP contribution in [-0.2, 0) is 5.75 Å². The topological polar surface area (TPSA) is 81.0 Å².